The van der Waals surface area contributed by atoms with E-state index in [1.54, 1.807) is 35.3 Å². The molecule has 2 aliphatic rings. The molecule has 27 heavy (non-hydrogen) atoms. The molecule has 1 N–H and O–H groups in total. The second-order valence-electron chi connectivity index (χ2n) is 7.14. The van der Waals surface area contributed by atoms with Gasteiger partial charge in [0.15, 0.2) is 0 Å². The molecule has 1 saturated carbocycles. The van der Waals surface area contributed by atoms with E-state index in [1.807, 2.05) is 35.7 Å². The van der Waals surface area contributed by atoms with Crippen LogP contribution in [-0.4, -0.2) is 40.2 Å². The molecule has 0 radical (unpaired) electrons. The Balaban J connectivity index is 1.50. The molecule has 6 nitrogen and oxygen atoms in total. The molecule has 1 atom stereocenters. The Morgan fingerprint density at radius 1 is 1.22 bits per heavy atom. The van der Waals surface area contributed by atoms with Crippen LogP contribution in [0.25, 0.3) is 0 Å². The van der Waals surface area contributed by atoms with Gasteiger partial charge >= 0.3 is 6.03 Å². The number of urea groups is 1. The third kappa shape index (κ3) is 3.35. The van der Waals surface area contributed by atoms with Gasteiger partial charge in [-0.05, 0) is 36.8 Å². The van der Waals surface area contributed by atoms with E-state index in [1.165, 1.54) is 0 Å². The summed E-state index contributed by atoms with van der Waals surface area (Å²) in [5, 5.41) is 4.73. The molecule has 1 aromatic carbocycles. The van der Waals surface area contributed by atoms with Crippen LogP contribution in [-0.2, 0) is 21.7 Å². The van der Waals surface area contributed by atoms with Crippen molar-refractivity contribution in [3.63, 3.8) is 0 Å². The van der Waals surface area contributed by atoms with Gasteiger partial charge in [-0.3, -0.25) is 14.5 Å². The van der Waals surface area contributed by atoms with Gasteiger partial charge in [0.2, 0.25) is 5.91 Å². The number of rotatable bonds is 6. The van der Waals surface area contributed by atoms with Crippen molar-refractivity contribution in [3.8, 4) is 0 Å². The van der Waals surface area contributed by atoms with E-state index in [-0.39, 0.29) is 24.4 Å². The van der Waals surface area contributed by atoms with Crippen LogP contribution in [0, 0.1) is 0 Å². The fourth-order valence-corrected chi connectivity index (χ4v) is 4.11. The lowest BCUT2D eigenvalue weighted by Crippen LogP contribution is -2.45. The summed E-state index contributed by atoms with van der Waals surface area (Å²) in [6.45, 7) is 1.98. The van der Waals surface area contributed by atoms with Gasteiger partial charge in [-0.2, -0.15) is 0 Å². The van der Waals surface area contributed by atoms with Gasteiger partial charge in [-0.15, -0.1) is 11.3 Å². The maximum atomic E-state index is 13.0. The lowest BCUT2D eigenvalue weighted by Gasteiger charge is -2.25. The summed E-state index contributed by atoms with van der Waals surface area (Å²) < 4.78 is 0. The number of nitrogens with one attached hydrogen (secondary N) is 1. The molecule has 1 unspecified atom stereocenters. The number of carbonyl (C=O) groups excluding carboxylic acids is 3. The predicted octanol–water partition coefficient (Wildman–Crippen LogP) is 2.71. The Kier molecular flexibility index (Phi) is 4.47. The van der Waals surface area contributed by atoms with Crippen LogP contribution in [0.15, 0.2) is 47.8 Å². The van der Waals surface area contributed by atoms with Gasteiger partial charge in [-0.1, -0.05) is 36.4 Å². The molecule has 1 aliphatic carbocycles. The smallest absolute Gasteiger partial charge is 0.325 e. The molecular weight excluding hydrogens is 362 g/mol. The minimum atomic E-state index is -1.14. The van der Waals surface area contributed by atoms with Crippen molar-refractivity contribution in [1.29, 1.82) is 0 Å². The van der Waals surface area contributed by atoms with Crippen molar-refractivity contribution >= 4 is 29.2 Å². The summed E-state index contributed by atoms with van der Waals surface area (Å²) in [5.74, 6) is -0.578. The number of thiophene rings is 1. The van der Waals surface area contributed by atoms with E-state index in [4.69, 9.17) is 0 Å². The average molecular weight is 383 g/mol. The molecule has 0 bridgehead atoms. The first kappa shape index (κ1) is 17.7. The molecule has 1 aliphatic heterocycles. The second-order valence-corrected chi connectivity index (χ2v) is 8.18. The molecular formula is C20H21N3O3S. The Labute approximate surface area is 161 Å². The molecule has 0 spiro atoms. The minimum absolute atomic E-state index is 0.188. The zero-order valence-corrected chi connectivity index (χ0v) is 15.9. The number of benzene rings is 1. The summed E-state index contributed by atoms with van der Waals surface area (Å²) in [6, 6.07) is 12.7. The van der Waals surface area contributed by atoms with Crippen LogP contribution in [0.2, 0.25) is 0 Å². The van der Waals surface area contributed by atoms with Gasteiger partial charge in [0.05, 0.1) is 6.54 Å². The topological polar surface area (TPSA) is 69.7 Å². The molecule has 2 aromatic rings. The predicted molar refractivity (Wildman–Crippen MR) is 102 cm³/mol. The Morgan fingerprint density at radius 3 is 2.59 bits per heavy atom. The van der Waals surface area contributed by atoms with Crippen LogP contribution in [0.3, 0.4) is 0 Å². The van der Waals surface area contributed by atoms with Gasteiger partial charge in [0, 0.05) is 10.9 Å². The highest BCUT2D eigenvalue weighted by atomic mass is 32.1. The lowest BCUT2D eigenvalue weighted by molar-refractivity contribution is -0.139. The Bertz CT molecular complexity index is 864. The van der Waals surface area contributed by atoms with E-state index in [0.29, 0.717) is 12.1 Å². The molecule has 1 aromatic heterocycles. The molecule has 4 rings (SSSR count). The molecule has 1 saturated heterocycles. The minimum Gasteiger partial charge on any atom is -0.333 e. The third-order valence-electron chi connectivity index (χ3n) is 5.13. The third-order valence-corrected chi connectivity index (χ3v) is 5.99. The van der Waals surface area contributed by atoms with E-state index in [0.717, 1.165) is 22.6 Å². The van der Waals surface area contributed by atoms with Crippen molar-refractivity contribution < 1.29 is 14.4 Å². The van der Waals surface area contributed by atoms with Crippen LogP contribution >= 0.6 is 11.3 Å². The first-order chi connectivity index (χ1) is 13.0. The normalized spacial score (nSPS) is 22.0. The number of amides is 4. The summed E-state index contributed by atoms with van der Waals surface area (Å²) in [6.07, 6.45) is 1.94. The summed E-state index contributed by atoms with van der Waals surface area (Å²) in [5.41, 5.74) is -0.438. The quantitative estimate of drug-likeness (QED) is 0.780. The van der Waals surface area contributed by atoms with Crippen LogP contribution < -0.4 is 5.32 Å². The Morgan fingerprint density at radius 2 is 1.96 bits per heavy atom. The Hall–Kier alpha value is -2.67. The number of nitrogens with zero attached hydrogens (tertiary/aromatic N) is 2. The summed E-state index contributed by atoms with van der Waals surface area (Å²) in [7, 11) is 0. The molecule has 140 valence electrons. The number of carbonyl (C=O) groups is 3. The fraction of sp³-hybridized carbons (Fsp3) is 0.350. The van der Waals surface area contributed by atoms with Gasteiger partial charge in [0.25, 0.3) is 5.91 Å². The van der Waals surface area contributed by atoms with Crippen molar-refractivity contribution in [3.05, 3.63) is 58.3 Å². The molecule has 7 heteroatoms. The molecule has 2 fully saturated rings. The largest absolute Gasteiger partial charge is 0.333 e. The number of hydrogen-bond acceptors (Lipinski definition) is 4. The summed E-state index contributed by atoms with van der Waals surface area (Å²) >= 11 is 1.60. The zero-order chi connectivity index (χ0) is 19.0. The SMILES string of the molecule is CC1(c2ccccc2)NC(=O)N(CC(=O)N(Cc2cccs2)C2CC2)C1=O. The monoisotopic (exact) mass is 383 g/mol. The van der Waals surface area contributed by atoms with Crippen LogP contribution in [0.4, 0.5) is 4.79 Å². The van der Waals surface area contributed by atoms with Crippen molar-refractivity contribution in [1.82, 2.24) is 15.1 Å². The van der Waals surface area contributed by atoms with E-state index >= 15 is 0 Å². The number of imide groups is 1. The van der Waals surface area contributed by atoms with E-state index in [9.17, 15) is 14.4 Å². The standard InChI is InChI=1S/C20H21N3O3S/c1-20(14-6-3-2-4-7-14)18(25)23(19(26)21-20)13-17(24)22(15-9-10-15)12-16-8-5-11-27-16/h2-8,11,15H,9-10,12-13H2,1H3,(H,21,26). The second kappa shape index (κ2) is 6.81. The lowest BCUT2D eigenvalue weighted by atomic mass is 9.92. The molecule has 2 heterocycles. The fourth-order valence-electron chi connectivity index (χ4n) is 3.41. The maximum absolute atomic E-state index is 13.0. The number of hydrogen-bond donors (Lipinski definition) is 1. The van der Waals surface area contributed by atoms with Crippen molar-refractivity contribution in [2.45, 2.75) is 37.9 Å². The van der Waals surface area contributed by atoms with Crippen molar-refractivity contribution in [2.24, 2.45) is 0 Å². The van der Waals surface area contributed by atoms with Gasteiger partial charge in [0.1, 0.15) is 12.1 Å². The highest BCUT2D eigenvalue weighted by Crippen LogP contribution is 2.31. The van der Waals surface area contributed by atoms with Gasteiger partial charge < -0.3 is 10.2 Å². The molecule has 4 amide bonds. The van der Waals surface area contributed by atoms with Crippen LogP contribution in [0.1, 0.15) is 30.2 Å². The van der Waals surface area contributed by atoms with E-state index in [2.05, 4.69) is 5.32 Å². The highest BCUT2D eigenvalue weighted by Gasteiger charge is 2.50. The zero-order valence-electron chi connectivity index (χ0n) is 15.1. The first-order valence-electron chi connectivity index (χ1n) is 9.00. The van der Waals surface area contributed by atoms with Gasteiger partial charge in [-0.25, -0.2) is 4.79 Å². The van der Waals surface area contributed by atoms with Crippen molar-refractivity contribution in [2.75, 3.05) is 6.54 Å². The average Bonchev–Trinajstić information content (AvgIpc) is 3.33. The maximum Gasteiger partial charge on any atom is 0.325 e. The first-order valence-corrected chi connectivity index (χ1v) is 9.88. The highest BCUT2D eigenvalue weighted by molar-refractivity contribution is 7.09. The van der Waals surface area contributed by atoms with Crippen LogP contribution in [0.5, 0.6) is 0 Å². The summed E-state index contributed by atoms with van der Waals surface area (Å²) in [4.78, 5) is 42.3. The van der Waals surface area contributed by atoms with E-state index < -0.39 is 11.6 Å².